The quantitative estimate of drug-likeness (QED) is 0.836. The third kappa shape index (κ3) is 2.77. The van der Waals surface area contributed by atoms with Crippen molar-refractivity contribution in [1.82, 2.24) is 0 Å². The van der Waals surface area contributed by atoms with Crippen molar-refractivity contribution in [3.63, 3.8) is 0 Å². The molecule has 0 radical (unpaired) electrons. The summed E-state index contributed by atoms with van der Waals surface area (Å²) in [5.41, 5.74) is 7.78. The topological polar surface area (TPSA) is 86.8 Å². The average Bonchev–Trinajstić information content (AvgIpc) is 2.42. The van der Waals surface area contributed by atoms with Crippen LogP contribution in [0.5, 0.6) is 0 Å². The zero-order valence-corrected chi connectivity index (χ0v) is 12.6. The van der Waals surface area contributed by atoms with Crippen LogP contribution in [0.1, 0.15) is 43.2 Å². The van der Waals surface area contributed by atoms with Crippen molar-refractivity contribution in [3.05, 3.63) is 22.4 Å². The van der Waals surface area contributed by atoms with E-state index in [9.17, 15) is 5.26 Å². The Morgan fingerprint density at radius 3 is 2.80 bits per heavy atom. The molecule has 1 aromatic rings. The molecule has 0 aromatic carbocycles. The fourth-order valence-corrected chi connectivity index (χ4v) is 2.66. The number of hydrogen-bond acceptors (Lipinski definition) is 3. The zero-order chi connectivity index (χ0) is 14.8. The first-order valence-corrected chi connectivity index (χ1v) is 7.19. The third-order valence-electron chi connectivity index (χ3n) is 3.71. The SMILES string of the molecule is CCc1[nH+]c(NCC[NH3+])c(C#N)c2c1COC(C)(C)C2. The third-order valence-corrected chi connectivity index (χ3v) is 3.71. The first kappa shape index (κ1) is 14.8. The monoisotopic (exact) mass is 276 g/mol. The number of nitriles is 1. The van der Waals surface area contributed by atoms with Gasteiger partial charge in [0, 0.05) is 18.4 Å². The number of fused-ring (bicyclic) bond motifs is 1. The van der Waals surface area contributed by atoms with Gasteiger partial charge in [0.15, 0.2) is 0 Å². The second-order valence-corrected chi connectivity index (χ2v) is 5.78. The van der Waals surface area contributed by atoms with Gasteiger partial charge in [-0.1, -0.05) is 6.92 Å². The van der Waals surface area contributed by atoms with Gasteiger partial charge in [-0.25, -0.2) is 4.98 Å². The predicted molar refractivity (Wildman–Crippen MR) is 75.9 cm³/mol. The Balaban J connectivity index is 2.55. The van der Waals surface area contributed by atoms with E-state index in [0.717, 1.165) is 54.1 Å². The Labute approximate surface area is 120 Å². The van der Waals surface area contributed by atoms with Gasteiger partial charge >= 0.3 is 0 Å². The minimum Gasteiger partial charge on any atom is -0.370 e. The lowest BCUT2D eigenvalue weighted by molar-refractivity contribution is -0.378. The highest BCUT2D eigenvalue weighted by Crippen LogP contribution is 2.32. The number of H-pyrrole nitrogens is 1. The molecule has 1 aliphatic heterocycles. The van der Waals surface area contributed by atoms with E-state index in [4.69, 9.17) is 4.74 Å². The zero-order valence-electron chi connectivity index (χ0n) is 12.6. The van der Waals surface area contributed by atoms with Gasteiger partial charge in [-0.15, -0.1) is 0 Å². The number of ether oxygens (including phenoxy) is 1. The molecule has 1 aliphatic rings. The molecule has 108 valence electrons. The number of aryl methyl sites for hydroxylation is 1. The number of anilines is 1. The smallest absolute Gasteiger partial charge is 0.291 e. The molecular weight excluding hydrogens is 252 g/mol. The second kappa shape index (κ2) is 5.78. The largest absolute Gasteiger partial charge is 0.370 e. The average molecular weight is 276 g/mol. The molecule has 1 aromatic heterocycles. The normalized spacial score (nSPS) is 16.4. The summed E-state index contributed by atoms with van der Waals surface area (Å²) in [5.74, 6) is 0.824. The number of quaternary nitrogens is 1. The van der Waals surface area contributed by atoms with Crippen molar-refractivity contribution < 1.29 is 15.5 Å². The van der Waals surface area contributed by atoms with Gasteiger partial charge in [0.05, 0.1) is 12.2 Å². The molecule has 0 saturated heterocycles. The molecule has 5 N–H and O–H groups in total. The lowest BCUT2D eigenvalue weighted by Crippen LogP contribution is -2.53. The van der Waals surface area contributed by atoms with E-state index in [1.807, 2.05) is 0 Å². The Morgan fingerprint density at radius 1 is 1.45 bits per heavy atom. The number of nitrogens with zero attached hydrogens (tertiary/aromatic N) is 1. The highest BCUT2D eigenvalue weighted by Gasteiger charge is 2.33. The molecule has 0 unspecified atom stereocenters. The summed E-state index contributed by atoms with van der Waals surface area (Å²) in [6.07, 6.45) is 1.67. The van der Waals surface area contributed by atoms with E-state index in [1.165, 1.54) is 0 Å². The Hall–Kier alpha value is -1.64. The van der Waals surface area contributed by atoms with E-state index in [1.54, 1.807) is 0 Å². The summed E-state index contributed by atoms with van der Waals surface area (Å²) in [4.78, 5) is 3.36. The molecule has 0 amide bonds. The number of pyridine rings is 1. The van der Waals surface area contributed by atoms with Gasteiger partial charge in [0.25, 0.3) is 5.82 Å². The molecule has 2 rings (SSSR count). The highest BCUT2D eigenvalue weighted by molar-refractivity contribution is 5.56. The summed E-state index contributed by atoms with van der Waals surface area (Å²) >= 11 is 0. The first-order chi connectivity index (χ1) is 9.52. The van der Waals surface area contributed by atoms with Crippen LogP contribution in [0.25, 0.3) is 0 Å². The number of hydrogen-bond donors (Lipinski definition) is 2. The van der Waals surface area contributed by atoms with Gasteiger partial charge in [-0.2, -0.15) is 5.26 Å². The predicted octanol–water partition coefficient (Wildman–Crippen LogP) is 0.440. The van der Waals surface area contributed by atoms with Crippen molar-refractivity contribution in [2.75, 3.05) is 18.4 Å². The van der Waals surface area contributed by atoms with Crippen molar-refractivity contribution in [1.29, 1.82) is 5.26 Å². The minimum atomic E-state index is -0.214. The van der Waals surface area contributed by atoms with Crippen LogP contribution in [0, 0.1) is 11.3 Å². The number of rotatable bonds is 4. The molecule has 5 nitrogen and oxygen atoms in total. The van der Waals surface area contributed by atoms with Crippen LogP contribution < -0.4 is 16.0 Å². The van der Waals surface area contributed by atoms with Gasteiger partial charge in [0.1, 0.15) is 30.4 Å². The van der Waals surface area contributed by atoms with Gasteiger partial charge in [-0.05, 0) is 19.4 Å². The molecule has 0 bridgehead atoms. The molecule has 0 aliphatic carbocycles. The molecule has 20 heavy (non-hydrogen) atoms. The van der Waals surface area contributed by atoms with Crippen LogP contribution >= 0.6 is 0 Å². The van der Waals surface area contributed by atoms with Gasteiger partial charge in [0.2, 0.25) is 0 Å². The Morgan fingerprint density at radius 2 is 2.20 bits per heavy atom. The lowest BCUT2D eigenvalue weighted by Gasteiger charge is -2.32. The summed E-state index contributed by atoms with van der Waals surface area (Å²) in [5, 5.41) is 12.8. The van der Waals surface area contributed by atoms with E-state index >= 15 is 0 Å². The van der Waals surface area contributed by atoms with E-state index < -0.39 is 0 Å². The Bertz CT molecular complexity index is 546. The molecule has 5 heteroatoms. The first-order valence-electron chi connectivity index (χ1n) is 7.19. The summed E-state index contributed by atoms with van der Waals surface area (Å²) < 4.78 is 5.89. The fourth-order valence-electron chi connectivity index (χ4n) is 2.66. The molecule has 0 fully saturated rings. The van der Waals surface area contributed by atoms with Crippen molar-refractivity contribution >= 4 is 5.82 Å². The molecule has 0 atom stereocenters. The van der Waals surface area contributed by atoms with Crippen LogP contribution in [0.3, 0.4) is 0 Å². The van der Waals surface area contributed by atoms with E-state index in [-0.39, 0.29) is 5.60 Å². The van der Waals surface area contributed by atoms with E-state index in [2.05, 4.69) is 42.9 Å². The minimum absolute atomic E-state index is 0.214. The van der Waals surface area contributed by atoms with Crippen LogP contribution in [-0.4, -0.2) is 18.7 Å². The van der Waals surface area contributed by atoms with Crippen LogP contribution in [0.2, 0.25) is 0 Å². The van der Waals surface area contributed by atoms with Gasteiger partial charge < -0.3 is 10.5 Å². The maximum atomic E-state index is 9.54. The summed E-state index contributed by atoms with van der Waals surface area (Å²) in [6.45, 7) is 8.37. The van der Waals surface area contributed by atoms with Crippen LogP contribution in [0.4, 0.5) is 5.82 Å². The number of nitrogens with one attached hydrogen (secondary N) is 2. The molecule has 2 heterocycles. The molecular formula is C15H24N4O+2. The second-order valence-electron chi connectivity index (χ2n) is 5.78. The van der Waals surface area contributed by atoms with Crippen LogP contribution in [-0.2, 0) is 24.2 Å². The maximum absolute atomic E-state index is 9.54. The summed E-state index contributed by atoms with van der Waals surface area (Å²) in [6, 6.07) is 2.35. The number of aromatic amines is 1. The highest BCUT2D eigenvalue weighted by atomic mass is 16.5. The fraction of sp³-hybridized carbons (Fsp3) is 0.600. The molecule has 0 saturated carbocycles. The standard InChI is InChI=1S/C15H22N4O/c1-4-13-12-9-20-15(2,3)7-10(12)11(8-17)14(19-13)18-6-5-16/h4-7,9,16H2,1-3H3,(H,18,19)/p+2. The summed E-state index contributed by atoms with van der Waals surface area (Å²) in [7, 11) is 0. The van der Waals surface area contributed by atoms with E-state index in [0.29, 0.717) is 6.61 Å². The van der Waals surface area contributed by atoms with Crippen LogP contribution in [0.15, 0.2) is 0 Å². The van der Waals surface area contributed by atoms with Crippen molar-refractivity contribution in [2.45, 2.75) is 45.8 Å². The maximum Gasteiger partial charge on any atom is 0.291 e. The lowest BCUT2D eigenvalue weighted by atomic mass is 9.87. The van der Waals surface area contributed by atoms with Crippen molar-refractivity contribution in [3.8, 4) is 6.07 Å². The molecule has 0 spiro atoms. The van der Waals surface area contributed by atoms with Crippen molar-refractivity contribution in [2.24, 2.45) is 0 Å². The Kier molecular flexibility index (Phi) is 4.26. The van der Waals surface area contributed by atoms with Gasteiger partial charge in [-0.3, -0.25) is 5.32 Å². The number of aromatic nitrogens is 1.